The first-order valence-electron chi connectivity index (χ1n) is 9.76. The third-order valence-corrected chi connectivity index (χ3v) is 5.44. The fourth-order valence-corrected chi connectivity index (χ4v) is 3.69. The lowest BCUT2D eigenvalue weighted by Crippen LogP contribution is -2.19. The number of benzene rings is 2. The Labute approximate surface area is 196 Å². The molecule has 0 saturated heterocycles. The monoisotopic (exact) mass is 470 g/mol. The molecule has 0 fully saturated rings. The molecular formula is C23H23ClN4O3S. The molecule has 0 radical (unpaired) electrons. The van der Waals surface area contributed by atoms with Crippen LogP contribution < -0.4 is 14.9 Å². The summed E-state index contributed by atoms with van der Waals surface area (Å²) >= 11 is 7.43. The van der Waals surface area contributed by atoms with Gasteiger partial charge in [-0.05, 0) is 49.7 Å². The molecule has 0 unspecified atom stereocenters. The minimum absolute atomic E-state index is 0.165. The Hall–Kier alpha value is -3.10. The molecule has 1 heterocycles. The number of ether oxygens (including phenoxy) is 2. The van der Waals surface area contributed by atoms with Crippen LogP contribution in [0.3, 0.4) is 0 Å². The van der Waals surface area contributed by atoms with Gasteiger partial charge in [0.2, 0.25) is 0 Å². The second kappa shape index (κ2) is 11.5. The van der Waals surface area contributed by atoms with Crippen LogP contribution in [0.2, 0.25) is 5.02 Å². The van der Waals surface area contributed by atoms with Gasteiger partial charge in [0.15, 0.2) is 16.7 Å². The first kappa shape index (κ1) is 23.6. The zero-order valence-corrected chi connectivity index (χ0v) is 19.5. The van der Waals surface area contributed by atoms with Gasteiger partial charge in [0, 0.05) is 22.0 Å². The SMILES string of the molecule is COc1cc(/C=N\NC(=O)CSc2nc(C)cc(C)n2)ccc1OCc1ccccc1Cl. The molecule has 0 bridgehead atoms. The van der Waals surface area contributed by atoms with Gasteiger partial charge in [0.05, 0.1) is 19.1 Å². The second-order valence-electron chi connectivity index (χ2n) is 6.81. The fourth-order valence-electron chi connectivity index (χ4n) is 2.75. The minimum Gasteiger partial charge on any atom is -0.493 e. The third kappa shape index (κ3) is 6.96. The number of rotatable bonds is 9. The Morgan fingerprint density at radius 1 is 1.12 bits per heavy atom. The predicted octanol–water partition coefficient (Wildman–Crippen LogP) is 4.58. The van der Waals surface area contributed by atoms with Crippen molar-refractivity contribution >= 4 is 35.5 Å². The molecule has 1 aromatic heterocycles. The molecule has 166 valence electrons. The number of hydrazone groups is 1. The molecule has 1 amide bonds. The summed E-state index contributed by atoms with van der Waals surface area (Å²) in [4.78, 5) is 20.6. The maximum absolute atomic E-state index is 12.0. The molecule has 1 N–H and O–H groups in total. The number of hydrogen-bond acceptors (Lipinski definition) is 7. The molecule has 0 aliphatic rings. The number of nitrogens with zero attached hydrogens (tertiary/aromatic N) is 3. The summed E-state index contributed by atoms with van der Waals surface area (Å²) in [7, 11) is 1.56. The smallest absolute Gasteiger partial charge is 0.250 e. The van der Waals surface area contributed by atoms with E-state index in [9.17, 15) is 4.79 Å². The highest BCUT2D eigenvalue weighted by atomic mass is 35.5. The van der Waals surface area contributed by atoms with E-state index in [2.05, 4.69) is 20.5 Å². The van der Waals surface area contributed by atoms with Crippen molar-refractivity contribution in [3.05, 3.63) is 76.1 Å². The lowest BCUT2D eigenvalue weighted by molar-refractivity contribution is -0.118. The van der Waals surface area contributed by atoms with Crippen LogP contribution in [0.5, 0.6) is 11.5 Å². The number of hydrogen-bond donors (Lipinski definition) is 1. The predicted molar refractivity (Wildman–Crippen MR) is 127 cm³/mol. The van der Waals surface area contributed by atoms with Crippen molar-refractivity contribution in [3.63, 3.8) is 0 Å². The maximum atomic E-state index is 12.0. The van der Waals surface area contributed by atoms with Gasteiger partial charge in [-0.2, -0.15) is 5.10 Å². The first-order chi connectivity index (χ1) is 15.4. The van der Waals surface area contributed by atoms with Crippen molar-refractivity contribution in [2.24, 2.45) is 5.10 Å². The lowest BCUT2D eigenvalue weighted by atomic mass is 10.2. The average Bonchev–Trinajstić information content (AvgIpc) is 2.77. The van der Waals surface area contributed by atoms with Crippen molar-refractivity contribution in [1.82, 2.24) is 15.4 Å². The van der Waals surface area contributed by atoms with Gasteiger partial charge < -0.3 is 9.47 Å². The van der Waals surface area contributed by atoms with Gasteiger partial charge >= 0.3 is 0 Å². The molecular weight excluding hydrogens is 448 g/mol. The summed E-state index contributed by atoms with van der Waals surface area (Å²) in [5, 5.41) is 5.22. The molecule has 3 rings (SSSR count). The van der Waals surface area contributed by atoms with Crippen LogP contribution >= 0.6 is 23.4 Å². The summed E-state index contributed by atoms with van der Waals surface area (Å²) in [5.74, 6) is 1.05. The molecule has 7 nitrogen and oxygen atoms in total. The van der Waals surface area contributed by atoms with Gasteiger partial charge in [-0.25, -0.2) is 15.4 Å². The third-order valence-electron chi connectivity index (χ3n) is 4.23. The van der Waals surface area contributed by atoms with E-state index in [1.54, 1.807) is 19.2 Å². The van der Waals surface area contributed by atoms with E-state index in [0.717, 1.165) is 22.5 Å². The average molecular weight is 471 g/mol. The molecule has 3 aromatic rings. The number of carbonyl (C=O) groups excluding carboxylic acids is 1. The standard InChI is InChI=1S/C23H23ClN4O3S/c1-15-10-16(2)27-23(26-15)32-14-22(29)28-25-12-17-8-9-20(21(11-17)30-3)31-13-18-6-4-5-7-19(18)24/h4-12H,13-14H2,1-3H3,(H,28,29)/b25-12-. The molecule has 9 heteroatoms. The molecule has 0 atom stereocenters. The summed E-state index contributed by atoms with van der Waals surface area (Å²) in [6, 6.07) is 14.8. The van der Waals surface area contributed by atoms with Gasteiger partial charge in [-0.15, -0.1) is 0 Å². The zero-order chi connectivity index (χ0) is 22.9. The van der Waals surface area contributed by atoms with E-state index < -0.39 is 0 Å². The van der Waals surface area contributed by atoms with E-state index in [1.165, 1.54) is 18.0 Å². The van der Waals surface area contributed by atoms with E-state index >= 15 is 0 Å². The largest absolute Gasteiger partial charge is 0.493 e. The summed E-state index contributed by atoms with van der Waals surface area (Å²) < 4.78 is 11.3. The number of methoxy groups -OCH3 is 1. The van der Waals surface area contributed by atoms with Crippen molar-refractivity contribution in [2.45, 2.75) is 25.6 Å². The number of halogens is 1. The minimum atomic E-state index is -0.249. The van der Waals surface area contributed by atoms with Gasteiger partial charge in [0.25, 0.3) is 5.91 Å². The molecule has 32 heavy (non-hydrogen) atoms. The Balaban J connectivity index is 1.53. The molecule has 0 aliphatic heterocycles. The van der Waals surface area contributed by atoms with Gasteiger partial charge in [-0.3, -0.25) is 4.79 Å². The second-order valence-corrected chi connectivity index (χ2v) is 8.16. The summed E-state index contributed by atoms with van der Waals surface area (Å²) in [6.45, 7) is 4.11. The van der Waals surface area contributed by atoms with Crippen molar-refractivity contribution in [3.8, 4) is 11.5 Å². The van der Waals surface area contributed by atoms with Crippen molar-refractivity contribution < 1.29 is 14.3 Å². The highest BCUT2D eigenvalue weighted by molar-refractivity contribution is 7.99. The van der Waals surface area contributed by atoms with Crippen LogP contribution in [0.15, 0.2) is 58.8 Å². The number of aromatic nitrogens is 2. The Bertz CT molecular complexity index is 1100. The Morgan fingerprint density at radius 3 is 2.59 bits per heavy atom. The Kier molecular flexibility index (Phi) is 8.47. The molecule has 0 spiro atoms. The van der Waals surface area contributed by atoms with E-state index in [4.69, 9.17) is 21.1 Å². The maximum Gasteiger partial charge on any atom is 0.250 e. The van der Waals surface area contributed by atoms with E-state index in [-0.39, 0.29) is 11.7 Å². The normalized spacial score (nSPS) is 10.9. The van der Waals surface area contributed by atoms with Crippen LogP contribution in [0.25, 0.3) is 0 Å². The molecule has 2 aromatic carbocycles. The van der Waals surface area contributed by atoms with Crippen LogP contribution in [0, 0.1) is 13.8 Å². The first-order valence-corrected chi connectivity index (χ1v) is 11.1. The van der Waals surface area contributed by atoms with Crippen molar-refractivity contribution in [1.29, 1.82) is 0 Å². The highest BCUT2D eigenvalue weighted by Crippen LogP contribution is 2.29. The van der Waals surface area contributed by atoms with Crippen LogP contribution in [0.1, 0.15) is 22.5 Å². The van der Waals surface area contributed by atoms with Crippen LogP contribution in [-0.4, -0.2) is 35.0 Å². The van der Waals surface area contributed by atoms with Crippen LogP contribution in [-0.2, 0) is 11.4 Å². The van der Waals surface area contributed by atoms with Gasteiger partial charge in [-0.1, -0.05) is 41.6 Å². The highest BCUT2D eigenvalue weighted by Gasteiger charge is 2.08. The fraction of sp³-hybridized carbons (Fsp3) is 0.217. The zero-order valence-electron chi connectivity index (χ0n) is 18.0. The summed E-state index contributed by atoms with van der Waals surface area (Å²) in [5.41, 5.74) is 5.87. The number of carbonyl (C=O) groups is 1. The van der Waals surface area contributed by atoms with E-state index in [0.29, 0.717) is 28.3 Å². The van der Waals surface area contributed by atoms with Crippen LogP contribution in [0.4, 0.5) is 0 Å². The number of amides is 1. The lowest BCUT2D eigenvalue weighted by Gasteiger charge is -2.12. The topological polar surface area (TPSA) is 85.7 Å². The van der Waals surface area contributed by atoms with E-state index in [1.807, 2.05) is 50.2 Å². The number of thioether (sulfide) groups is 1. The quantitative estimate of drug-likeness (QED) is 0.213. The summed E-state index contributed by atoms with van der Waals surface area (Å²) in [6.07, 6.45) is 1.54. The number of aryl methyl sites for hydroxylation is 2. The molecule has 0 aliphatic carbocycles. The van der Waals surface area contributed by atoms with Gasteiger partial charge in [0.1, 0.15) is 6.61 Å². The Morgan fingerprint density at radius 2 is 1.88 bits per heavy atom. The number of nitrogens with one attached hydrogen (secondary N) is 1. The van der Waals surface area contributed by atoms with Crippen molar-refractivity contribution in [2.75, 3.05) is 12.9 Å². The molecule has 0 saturated carbocycles.